The summed E-state index contributed by atoms with van der Waals surface area (Å²) in [6, 6.07) is 15.1. The molecule has 1 aliphatic rings. The fourth-order valence-electron chi connectivity index (χ4n) is 3.23. The SMILES string of the molecule is CC(=O)c1cccc(NC(=O)CNc2ccccc2N2CCCCC2)c1. The van der Waals surface area contributed by atoms with E-state index in [2.05, 4.69) is 21.6 Å². The van der Waals surface area contributed by atoms with Crippen molar-refractivity contribution in [1.29, 1.82) is 0 Å². The molecule has 5 nitrogen and oxygen atoms in total. The molecule has 0 bridgehead atoms. The van der Waals surface area contributed by atoms with E-state index in [1.165, 1.54) is 26.2 Å². The van der Waals surface area contributed by atoms with Gasteiger partial charge in [0.25, 0.3) is 0 Å². The van der Waals surface area contributed by atoms with E-state index in [9.17, 15) is 9.59 Å². The first kappa shape index (κ1) is 18.0. The normalized spacial score (nSPS) is 14.0. The first-order valence-electron chi connectivity index (χ1n) is 9.12. The Kier molecular flexibility index (Phi) is 5.89. The number of para-hydroxylation sites is 2. The molecule has 1 amide bonds. The maximum absolute atomic E-state index is 12.3. The molecule has 1 saturated heterocycles. The summed E-state index contributed by atoms with van der Waals surface area (Å²) in [5.74, 6) is -0.158. The van der Waals surface area contributed by atoms with Gasteiger partial charge in [0.2, 0.25) is 5.91 Å². The molecule has 0 spiro atoms. The monoisotopic (exact) mass is 351 g/mol. The van der Waals surface area contributed by atoms with E-state index in [0.717, 1.165) is 24.5 Å². The molecule has 3 rings (SSSR count). The van der Waals surface area contributed by atoms with Crippen LogP contribution in [0.15, 0.2) is 48.5 Å². The predicted octanol–water partition coefficient (Wildman–Crippen LogP) is 3.93. The molecular formula is C21H25N3O2. The average Bonchev–Trinajstić information content (AvgIpc) is 2.67. The van der Waals surface area contributed by atoms with Gasteiger partial charge in [-0.3, -0.25) is 9.59 Å². The van der Waals surface area contributed by atoms with Gasteiger partial charge in [-0.2, -0.15) is 0 Å². The molecule has 0 saturated carbocycles. The minimum atomic E-state index is -0.140. The maximum Gasteiger partial charge on any atom is 0.243 e. The Morgan fingerprint density at radius 1 is 1.00 bits per heavy atom. The number of benzene rings is 2. The minimum Gasteiger partial charge on any atom is -0.374 e. The molecule has 2 N–H and O–H groups in total. The minimum absolute atomic E-state index is 0.0188. The number of nitrogens with one attached hydrogen (secondary N) is 2. The Balaban J connectivity index is 1.61. The summed E-state index contributed by atoms with van der Waals surface area (Å²) in [6.07, 6.45) is 3.70. The molecule has 0 unspecified atom stereocenters. The van der Waals surface area contributed by atoms with Gasteiger partial charge in [-0.1, -0.05) is 24.3 Å². The molecular weight excluding hydrogens is 326 g/mol. The number of carbonyl (C=O) groups is 2. The average molecular weight is 351 g/mol. The van der Waals surface area contributed by atoms with Gasteiger partial charge in [0.15, 0.2) is 5.78 Å². The Bertz CT molecular complexity index is 782. The van der Waals surface area contributed by atoms with Crippen LogP contribution in [0, 0.1) is 0 Å². The zero-order valence-corrected chi connectivity index (χ0v) is 15.1. The standard InChI is InChI=1S/C21H25N3O2/c1-16(25)17-8-7-9-18(14-17)23-21(26)15-22-19-10-3-4-11-20(19)24-12-5-2-6-13-24/h3-4,7-11,14,22H,2,5-6,12-13,15H2,1H3,(H,23,26). The molecule has 0 radical (unpaired) electrons. The molecule has 2 aromatic carbocycles. The number of piperidine rings is 1. The lowest BCUT2D eigenvalue weighted by Crippen LogP contribution is -2.30. The number of carbonyl (C=O) groups excluding carboxylic acids is 2. The van der Waals surface area contributed by atoms with E-state index in [1.807, 2.05) is 18.2 Å². The van der Waals surface area contributed by atoms with Crippen molar-refractivity contribution in [3.05, 3.63) is 54.1 Å². The van der Waals surface area contributed by atoms with Crippen molar-refractivity contribution in [3.8, 4) is 0 Å². The Morgan fingerprint density at radius 2 is 1.77 bits per heavy atom. The summed E-state index contributed by atoms with van der Waals surface area (Å²) in [5, 5.41) is 6.09. The van der Waals surface area contributed by atoms with Gasteiger partial charge in [0, 0.05) is 24.3 Å². The van der Waals surface area contributed by atoms with Crippen LogP contribution >= 0.6 is 0 Å². The van der Waals surface area contributed by atoms with E-state index in [1.54, 1.807) is 24.3 Å². The fourth-order valence-corrected chi connectivity index (χ4v) is 3.23. The van der Waals surface area contributed by atoms with Crippen LogP contribution in [0.1, 0.15) is 36.5 Å². The van der Waals surface area contributed by atoms with E-state index in [4.69, 9.17) is 0 Å². The van der Waals surface area contributed by atoms with Crippen LogP contribution in [0.3, 0.4) is 0 Å². The summed E-state index contributed by atoms with van der Waals surface area (Å²) in [4.78, 5) is 26.1. The van der Waals surface area contributed by atoms with Crippen LogP contribution in [0.25, 0.3) is 0 Å². The van der Waals surface area contributed by atoms with Crippen LogP contribution in [0.2, 0.25) is 0 Å². The van der Waals surface area contributed by atoms with Gasteiger partial charge in [-0.05, 0) is 50.5 Å². The van der Waals surface area contributed by atoms with Crippen molar-refractivity contribution in [2.75, 3.05) is 35.2 Å². The second kappa shape index (κ2) is 8.52. The summed E-state index contributed by atoms with van der Waals surface area (Å²) < 4.78 is 0. The number of nitrogens with zero attached hydrogens (tertiary/aromatic N) is 1. The van der Waals surface area contributed by atoms with E-state index in [-0.39, 0.29) is 18.2 Å². The smallest absolute Gasteiger partial charge is 0.243 e. The Morgan fingerprint density at radius 3 is 2.54 bits per heavy atom. The number of ketones is 1. The molecule has 26 heavy (non-hydrogen) atoms. The van der Waals surface area contributed by atoms with Crippen molar-refractivity contribution >= 4 is 28.8 Å². The molecule has 2 aromatic rings. The van der Waals surface area contributed by atoms with E-state index < -0.39 is 0 Å². The lowest BCUT2D eigenvalue weighted by Gasteiger charge is -2.30. The van der Waals surface area contributed by atoms with Crippen molar-refractivity contribution in [2.24, 2.45) is 0 Å². The number of amides is 1. The van der Waals surface area contributed by atoms with Gasteiger partial charge in [0.05, 0.1) is 17.9 Å². The fraction of sp³-hybridized carbons (Fsp3) is 0.333. The first-order chi connectivity index (χ1) is 12.6. The largest absolute Gasteiger partial charge is 0.374 e. The van der Waals surface area contributed by atoms with E-state index >= 15 is 0 Å². The lowest BCUT2D eigenvalue weighted by molar-refractivity contribution is -0.114. The van der Waals surface area contributed by atoms with Gasteiger partial charge in [-0.15, -0.1) is 0 Å². The second-order valence-electron chi connectivity index (χ2n) is 6.60. The first-order valence-corrected chi connectivity index (χ1v) is 9.12. The highest BCUT2D eigenvalue weighted by molar-refractivity contribution is 5.98. The van der Waals surface area contributed by atoms with Crippen molar-refractivity contribution in [1.82, 2.24) is 0 Å². The molecule has 1 aliphatic heterocycles. The van der Waals surface area contributed by atoms with Gasteiger partial charge < -0.3 is 15.5 Å². The molecule has 5 heteroatoms. The van der Waals surface area contributed by atoms with Crippen molar-refractivity contribution in [3.63, 3.8) is 0 Å². The third-order valence-electron chi connectivity index (χ3n) is 4.59. The molecule has 0 aliphatic carbocycles. The maximum atomic E-state index is 12.3. The number of anilines is 3. The molecule has 1 fully saturated rings. The summed E-state index contributed by atoms with van der Waals surface area (Å²) in [5.41, 5.74) is 3.35. The highest BCUT2D eigenvalue weighted by atomic mass is 16.2. The number of hydrogen-bond donors (Lipinski definition) is 2. The van der Waals surface area contributed by atoms with E-state index in [0.29, 0.717) is 11.3 Å². The number of rotatable bonds is 6. The summed E-state index contributed by atoms with van der Waals surface area (Å²) in [6.45, 7) is 3.81. The number of Topliss-reactive ketones (excluding diaryl/α,β-unsaturated/α-hetero) is 1. The second-order valence-corrected chi connectivity index (χ2v) is 6.60. The van der Waals surface area contributed by atoms with Gasteiger partial charge in [-0.25, -0.2) is 0 Å². The van der Waals surface area contributed by atoms with Crippen LogP contribution in [0.5, 0.6) is 0 Å². The Labute approximate surface area is 154 Å². The number of hydrogen-bond acceptors (Lipinski definition) is 4. The van der Waals surface area contributed by atoms with Gasteiger partial charge in [0.1, 0.15) is 0 Å². The molecule has 1 heterocycles. The molecule has 0 aromatic heterocycles. The van der Waals surface area contributed by atoms with Crippen LogP contribution in [-0.2, 0) is 4.79 Å². The molecule has 0 atom stereocenters. The van der Waals surface area contributed by atoms with Crippen LogP contribution < -0.4 is 15.5 Å². The highest BCUT2D eigenvalue weighted by Crippen LogP contribution is 2.28. The predicted molar refractivity (Wildman–Crippen MR) is 106 cm³/mol. The third-order valence-corrected chi connectivity index (χ3v) is 4.59. The molecule has 136 valence electrons. The zero-order chi connectivity index (χ0) is 18.4. The zero-order valence-electron chi connectivity index (χ0n) is 15.1. The summed E-state index contributed by atoms with van der Waals surface area (Å²) >= 11 is 0. The Hall–Kier alpha value is -2.82. The summed E-state index contributed by atoms with van der Waals surface area (Å²) in [7, 11) is 0. The lowest BCUT2D eigenvalue weighted by atomic mass is 10.1. The van der Waals surface area contributed by atoms with Crippen LogP contribution in [0.4, 0.5) is 17.1 Å². The topological polar surface area (TPSA) is 61.4 Å². The quantitative estimate of drug-likeness (QED) is 0.774. The van der Waals surface area contributed by atoms with Crippen molar-refractivity contribution < 1.29 is 9.59 Å². The van der Waals surface area contributed by atoms with Crippen LogP contribution in [-0.4, -0.2) is 31.3 Å². The highest BCUT2D eigenvalue weighted by Gasteiger charge is 2.14. The van der Waals surface area contributed by atoms with Crippen molar-refractivity contribution in [2.45, 2.75) is 26.2 Å². The third kappa shape index (κ3) is 4.63. The van der Waals surface area contributed by atoms with Gasteiger partial charge >= 0.3 is 0 Å².